The minimum atomic E-state index is -1.04. The van der Waals surface area contributed by atoms with E-state index in [-0.39, 0.29) is 17.4 Å². The Hall–Kier alpha value is -1.40. The van der Waals surface area contributed by atoms with Gasteiger partial charge in [-0.1, -0.05) is 0 Å². The summed E-state index contributed by atoms with van der Waals surface area (Å²) in [6.07, 6.45) is 0.371. The molecule has 1 saturated heterocycles. The summed E-state index contributed by atoms with van der Waals surface area (Å²) in [5, 5.41) is 9.30. The molecule has 1 heterocycles. The van der Waals surface area contributed by atoms with Crippen LogP contribution in [0.2, 0.25) is 0 Å². The van der Waals surface area contributed by atoms with Gasteiger partial charge in [0, 0.05) is 17.4 Å². The Morgan fingerprint density at radius 1 is 1.58 bits per heavy atom. The van der Waals surface area contributed by atoms with Gasteiger partial charge >= 0.3 is 5.97 Å². The van der Waals surface area contributed by atoms with Crippen LogP contribution >= 0.6 is 15.9 Å². The summed E-state index contributed by atoms with van der Waals surface area (Å²) in [7, 11) is 0. The summed E-state index contributed by atoms with van der Waals surface area (Å²) < 4.78 is 0.621. The lowest BCUT2D eigenvalue weighted by atomic mass is 10.1. The molecule has 0 bridgehead atoms. The molecule has 102 valence electrons. The normalized spacial score (nSPS) is 19.0. The molecule has 0 saturated carbocycles. The zero-order valence-corrected chi connectivity index (χ0v) is 12.1. The third-order valence-electron chi connectivity index (χ3n) is 3.25. The van der Waals surface area contributed by atoms with Crippen molar-refractivity contribution in [2.75, 3.05) is 18.0 Å². The Morgan fingerprint density at radius 2 is 2.26 bits per heavy atom. The van der Waals surface area contributed by atoms with Crippen molar-refractivity contribution in [3.05, 3.63) is 27.7 Å². The van der Waals surface area contributed by atoms with E-state index in [1.807, 2.05) is 13.0 Å². The first kappa shape index (κ1) is 14.0. The van der Waals surface area contributed by atoms with Crippen LogP contribution in [0.25, 0.3) is 0 Å². The first-order valence-corrected chi connectivity index (χ1v) is 6.77. The van der Waals surface area contributed by atoms with Gasteiger partial charge in [-0.05, 0) is 53.0 Å². The van der Waals surface area contributed by atoms with Crippen LogP contribution in [0.15, 0.2) is 16.6 Å². The predicted octanol–water partition coefficient (Wildman–Crippen LogP) is 1.77. The van der Waals surface area contributed by atoms with Crippen molar-refractivity contribution in [1.29, 1.82) is 0 Å². The van der Waals surface area contributed by atoms with Crippen molar-refractivity contribution in [3.8, 4) is 0 Å². The highest BCUT2D eigenvalue weighted by Crippen LogP contribution is 2.35. The van der Waals surface area contributed by atoms with Crippen molar-refractivity contribution in [1.82, 2.24) is 0 Å². The van der Waals surface area contributed by atoms with E-state index < -0.39 is 5.97 Å². The summed E-state index contributed by atoms with van der Waals surface area (Å²) in [6, 6.07) is 3.39. The van der Waals surface area contributed by atoms with E-state index in [1.54, 1.807) is 6.07 Å². The van der Waals surface area contributed by atoms with E-state index in [2.05, 4.69) is 15.9 Å². The zero-order valence-electron chi connectivity index (χ0n) is 10.5. The number of anilines is 1. The number of benzene rings is 1. The maximum Gasteiger partial charge on any atom is 0.337 e. The number of carbonyl (C=O) groups excluding carboxylic acids is 1. The van der Waals surface area contributed by atoms with Gasteiger partial charge in [-0.3, -0.25) is 4.79 Å². The summed E-state index contributed by atoms with van der Waals surface area (Å²) in [5.41, 5.74) is 6.98. The lowest BCUT2D eigenvalue weighted by Crippen LogP contribution is -2.28. The molecule has 0 radical (unpaired) electrons. The Kier molecular flexibility index (Phi) is 3.91. The van der Waals surface area contributed by atoms with Crippen LogP contribution in [0.5, 0.6) is 0 Å². The van der Waals surface area contributed by atoms with E-state index in [9.17, 15) is 14.7 Å². The van der Waals surface area contributed by atoms with Gasteiger partial charge in [0.25, 0.3) is 0 Å². The number of amides is 1. The quantitative estimate of drug-likeness (QED) is 0.886. The average molecular weight is 327 g/mol. The Labute approximate surface area is 119 Å². The van der Waals surface area contributed by atoms with Crippen molar-refractivity contribution in [2.24, 2.45) is 11.7 Å². The number of hydrogen-bond acceptors (Lipinski definition) is 3. The number of carbonyl (C=O) groups is 2. The summed E-state index contributed by atoms with van der Waals surface area (Å²) in [5.74, 6) is -1.03. The second kappa shape index (κ2) is 5.30. The maximum absolute atomic E-state index is 12.0. The van der Waals surface area contributed by atoms with E-state index in [0.29, 0.717) is 29.7 Å². The number of carboxylic acid groups (broad SMARTS) is 1. The van der Waals surface area contributed by atoms with Crippen LogP contribution in [0, 0.1) is 12.8 Å². The van der Waals surface area contributed by atoms with Crippen LogP contribution in [-0.4, -0.2) is 30.1 Å². The number of aryl methyl sites for hydroxylation is 1. The first-order valence-electron chi connectivity index (χ1n) is 5.98. The highest BCUT2D eigenvalue weighted by molar-refractivity contribution is 9.10. The predicted molar refractivity (Wildman–Crippen MR) is 75.4 cm³/mol. The molecular weight excluding hydrogens is 312 g/mol. The van der Waals surface area contributed by atoms with E-state index in [4.69, 9.17) is 5.73 Å². The third-order valence-corrected chi connectivity index (χ3v) is 3.85. The number of halogens is 1. The van der Waals surface area contributed by atoms with Crippen LogP contribution < -0.4 is 10.6 Å². The van der Waals surface area contributed by atoms with Gasteiger partial charge in [-0.25, -0.2) is 4.79 Å². The molecule has 0 aliphatic carbocycles. The summed E-state index contributed by atoms with van der Waals surface area (Å²) in [6.45, 7) is 2.71. The topological polar surface area (TPSA) is 83.6 Å². The SMILES string of the molecule is Cc1cc(Br)c(N2CC(CN)CC2=O)c(C(=O)O)c1. The van der Waals surface area contributed by atoms with Crippen molar-refractivity contribution < 1.29 is 14.7 Å². The molecule has 0 aromatic heterocycles. The van der Waals surface area contributed by atoms with Gasteiger partial charge in [-0.15, -0.1) is 0 Å². The van der Waals surface area contributed by atoms with E-state index in [0.717, 1.165) is 5.56 Å². The maximum atomic E-state index is 12.0. The van der Waals surface area contributed by atoms with Gasteiger partial charge in [0.1, 0.15) is 0 Å². The minimum absolute atomic E-state index is 0.0810. The first-order chi connectivity index (χ1) is 8.93. The van der Waals surface area contributed by atoms with Crippen LogP contribution in [0.4, 0.5) is 5.69 Å². The molecule has 1 aromatic rings. The smallest absolute Gasteiger partial charge is 0.337 e. The highest BCUT2D eigenvalue weighted by Gasteiger charge is 2.33. The molecule has 3 N–H and O–H groups in total. The molecule has 0 spiro atoms. The lowest BCUT2D eigenvalue weighted by Gasteiger charge is -2.21. The van der Waals surface area contributed by atoms with Gasteiger partial charge in [0.05, 0.1) is 11.3 Å². The fraction of sp³-hybridized carbons (Fsp3) is 0.385. The molecule has 1 amide bonds. The standard InChI is InChI=1S/C13H15BrN2O3/c1-7-2-9(13(18)19)12(10(14)3-7)16-6-8(5-15)4-11(16)17/h2-3,8H,4-6,15H2,1H3,(H,18,19). The summed E-state index contributed by atoms with van der Waals surface area (Å²) >= 11 is 3.36. The van der Waals surface area contributed by atoms with Crippen molar-refractivity contribution >= 4 is 33.5 Å². The molecule has 5 nitrogen and oxygen atoms in total. The zero-order chi connectivity index (χ0) is 14.2. The molecule has 6 heteroatoms. The number of rotatable bonds is 3. The Balaban J connectivity index is 2.50. The van der Waals surface area contributed by atoms with Crippen LogP contribution in [0.3, 0.4) is 0 Å². The third kappa shape index (κ3) is 2.64. The molecule has 1 aliphatic heterocycles. The average Bonchev–Trinajstić information content (AvgIpc) is 2.69. The van der Waals surface area contributed by atoms with Crippen LogP contribution in [0.1, 0.15) is 22.3 Å². The molecule has 2 rings (SSSR count). The van der Waals surface area contributed by atoms with Gasteiger partial charge < -0.3 is 15.7 Å². The fourth-order valence-corrected chi connectivity index (χ4v) is 3.12. The molecule has 1 fully saturated rings. The van der Waals surface area contributed by atoms with E-state index >= 15 is 0 Å². The largest absolute Gasteiger partial charge is 0.478 e. The number of carboxylic acids is 1. The van der Waals surface area contributed by atoms with Gasteiger partial charge in [0.15, 0.2) is 0 Å². The van der Waals surface area contributed by atoms with Gasteiger partial charge in [0.2, 0.25) is 5.91 Å². The number of nitrogens with zero attached hydrogens (tertiary/aromatic N) is 1. The Morgan fingerprint density at radius 3 is 2.79 bits per heavy atom. The minimum Gasteiger partial charge on any atom is -0.478 e. The number of nitrogens with two attached hydrogens (primary N) is 1. The number of hydrogen-bond donors (Lipinski definition) is 2. The molecule has 1 aliphatic rings. The van der Waals surface area contributed by atoms with Gasteiger partial charge in [-0.2, -0.15) is 0 Å². The molecule has 1 atom stereocenters. The molecular formula is C13H15BrN2O3. The second-order valence-electron chi connectivity index (χ2n) is 4.76. The second-order valence-corrected chi connectivity index (χ2v) is 5.61. The Bertz CT molecular complexity index is 545. The molecule has 1 unspecified atom stereocenters. The van der Waals surface area contributed by atoms with Crippen molar-refractivity contribution in [3.63, 3.8) is 0 Å². The fourth-order valence-electron chi connectivity index (χ4n) is 2.33. The monoisotopic (exact) mass is 326 g/mol. The number of aromatic carboxylic acids is 1. The summed E-state index contributed by atoms with van der Waals surface area (Å²) in [4.78, 5) is 24.9. The van der Waals surface area contributed by atoms with E-state index in [1.165, 1.54) is 4.90 Å². The molecule has 19 heavy (non-hydrogen) atoms. The highest BCUT2D eigenvalue weighted by atomic mass is 79.9. The lowest BCUT2D eigenvalue weighted by molar-refractivity contribution is -0.117. The van der Waals surface area contributed by atoms with Crippen LogP contribution in [-0.2, 0) is 4.79 Å². The van der Waals surface area contributed by atoms with Crippen molar-refractivity contribution in [2.45, 2.75) is 13.3 Å². The molecule has 1 aromatic carbocycles.